The molecule has 0 spiro atoms. The number of carboxylic acids is 1. The first kappa shape index (κ1) is 13.0. The highest BCUT2D eigenvalue weighted by molar-refractivity contribution is 5.88. The molecule has 3 rings (SSSR count). The average molecular weight is 284 g/mol. The second-order valence-corrected chi connectivity index (χ2v) is 4.44. The van der Waals surface area contributed by atoms with Crippen LogP contribution in [-0.2, 0) is 13.6 Å². The lowest BCUT2D eigenvalue weighted by Gasteiger charge is -2.03. The average Bonchev–Trinajstić information content (AvgIpc) is 3.08. The summed E-state index contributed by atoms with van der Waals surface area (Å²) in [6.45, 7) is 0.243. The Morgan fingerprint density at radius 3 is 2.90 bits per heavy atom. The summed E-state index contributed by atoms with van der Waals surface area (Å²) in [5.41, 5.74) is 2.10. The number of pyridine rings is 1. The van der Waals surface area contributed by atoms with Crippen molar-refractivity contribution in [1.29, 1.82) is 0 Å². The minimum atomic E-state index is -1.01. The first-order valence-electron chi connectivity index (χ1n) is 6.21. The van der Waals surface area contributed by atoms with E-state index < -0.39 is 5.97 Å². The first-order valence-corrected chi connectivity index (χ1v) is 6.21. The largest absolute Gasteiger partial charge is 0.478 e. The topological polar surface area (TPSA) is 98.7 Å². The summed E-state index contributed by atoms with van der Waals surface area (Å²) in [7, 11) is 1.82. The maximum absolute atomic E-state index is 11.2. The first-order chi connectivity index (χ1) is 10.1. The quantitative estimate of drug-likeness (QED) is 0.761. The SMILES string of the molecule is Cn1nccc1-c1cn(Cc2ncccc2C(=O)O)nn1. The maximum Gasteiger partial charge on any atom is 0.337 e. The molecular weight excluding hydrogens is 272 g/mol. The van der Waals surface area contributed by atoms with Gasteiger partial charge in [-0.3, -0.25) is 9.67 Å². The third kappa shape index (κ3) is 2.50. The molecule has 0 unspecified atom stereocenters. The van der Waals surface area contributed by atoms with Gasteiger partial charge in [0, 0.05) is 19.4 Å². The van der Waals surface area contributed by atoms with Crippen LogP contribution in [0.15, 0.2) is 36.8 Å². The number of carboxylic acid groups (broad SMARTS) is 1. The molecule has 0 radical (unpaired) electrons. The predicted octanol–water partition coefficient (Wildman–Crippen LogP) is 0.820. The Kier molecular flexibility index (Phi) is 3.19. The number of aryl methyl sites for hydroxylation is 1. The van der Waals surface area contributed by atoms with E-state index in [0.29, 0.717) is 11.4 Å². The van der Waals surface area contributed by atoms with Gasteiger partial charge < -0.3 is 5.11 Å². The van der Waals surface area contributed by atoms with Crippen LogP contribution in [0.4, 0.5) is 0 Å². The molecule has 0 aliphatic rings. The molecule has 0 fully saturated rings. The van der Waals surface area contributed by atoms with Crippen molar-refractivity contribution in [1.82, 2.24) is 29.8 Å². The van der Waals surface area contributed by atoms with Crippen LogP contribution in [0.3, 0.4) is 0 Å². The lowest BCUT2D eigenvalue weighted by molar-refractivity contribution is 0.0695. The van der Waals surface area contributed by atoms with Gasteiger partial charge in [0.25, 0.3) is 0 Å². The zero-order chi connectivity index (χ0) is 14.8. The number of rotatable bonds is 4. The van der Waals surface area contributed by atoms with Gasteiger partial charge >= 0.3 is 5.97 Å². The zero-order valence-electron chi connectivity index (χ0n) is 11.2. The van der Waals surface area contributed by atoms with Crippen molar-refractivity contribution in [2.75, 3.05) is 0 Å². The molecule has 8 heteroatoms. The molecule has 0 atom stereocenters. The van der Waals surface area contributed by atoms with Gasteiger partial charge in [0.15, 0.2) is 0 Å². The van der Waals surface area contributed by atoms with Crippen molar-refractivity contribution < 1.29 is 9.90 Å². The van der Waals surface area contributed by atoms with Crippen molar-refractivity contribution in [3.05, 3.63) is 48.0 Å². The Morgan fingerprint density at radius 1 is 1.33 bits per heavy atom. The molecule has 21 heavy (non-hydrogen) atoms. The van der Waals surface area contributed by atoms with Gasteiger partial charge in [-0.1, -0.05) is 5.21 Å². The molecule has 1 N–H and O–H groups in total. The molecule has 3 heterocycles. The number of nitrogens with zero attached hydrogens (tertiary/aromatic N) is 6. The Labute approximate surface area is 119 Å². The van der Waals surface area contributed by atoms with Crippen LogP contribution in [0.2, 0.25) is 0 Å². The molecular formula is C13H12N6O2. The Bertz CT molecular complexity index is 791. The third-order valence-corrected chi connectivity index (χ3v) is 3.05. The third-order valence-electron chi connectivity index (χ3n) is 3.05. The van der Waals surface area contributed by atoms with Crippen molar-refractivity contribution in [3.8, 4) is 11.4 Å². The molecule has 0 saturated carbocycles. The van der Waals surface area contributed by atoms with Crippen LogP contribution >= 0.6 is 0 Å². The lowest BCUT2D eigenvalue weighted by Crippen LogP contribution is -2.09. The van der Waals surface area contributed by atoms with Gasteiger partial charge in [-0.2, -0.15) is 5.10 Å². The van der Waals surface area contributed by atoms with E-state index in [0.717, 1.165) is 5.69 Å². The second kappa shape index (κ2) is 5.16. The molecule has 0 aliphatic heterocycles. The molecule has 3 aromatic heterocycles. The number of carbonyl (C=O) groups is 1. The molecule has 0 amide bonds. The Morgan fingerprint density at radius 2 is 2.19 bits per heavy atom. The summed E-state index contributed by atoms with van der Waals surface area (Å²) >= 11 is 0. The highest BCUT2D eigenvalue weighted by Gasteiger charge is 2.13. The molecule has 8 nitrogen and oxygen atoms in total. The van der Waals surface area contributed by atoms with Gasteiger partial charge in [-0.25, -0.2) is 9.48 Å². The summed E-state index contributed by atoms with van der Waals surface area (Å²) < 4.78 is 3.24. The summed E-state index contributed by atoms with van der Waals surface area (Å²) in [5, 5.41) is 21.3. The van der Waals surface area contributed by atoms with E-state index in [-0.39, 0.29) is 12.1 Å². The van der Waals surface area contributed by atoms with Crippen LogP contribution < -0.4 is 0 Å². The van der Waals surface area contributed by atoms with E-state index in [1.807, 2.05) is 13.1 Å². The fraction of sp³-hybridized carbons (Fsp3) is 0.154. The van der Waals surface area contributed by atoms with E-state index in [9.17, 15) is 4.79 Å². The normalized spacial score (nSPS) is 10.7. The van der Waals surface area contributed by atoms with Gasteiger partial charge in [0.1, 0.15) is 5.69 Å². The van der Waals surface area contributed by atoms with Gasteiger partial charge in [-0.15, -0.1) is 5.10 Å². The second-order valence-electron chi connectivity index (χ2n) is 4.44. The Balaban J connectivity index is 1.89. The Hall–Kier alpha value is -3.03. The van der Waals surface area contributed by atoms with Crippen LogP contribution in [-0.4, -0.2) is 40.8 Å². The number of hydrogen-bond acceptors (Lipinski definition) is 5. The maximum atomic E-state index is 11.2. The monoisotopic (exact) mass is 284 g/mol. The molecule has 0 bridgehead atoms. The van der Waals surface area contributed by atoms with Crippen molar-refractivity contribution in [2.45, 2.75) is 6.54 Å². The predicted molar refractivity (Wildman–Crippen MR) is 72.5 cm³/mol. The van der Waals surface area contributed by atoms with E-state index in [2.05, 4.69) is 20.4 Å². The molecule has 106 valence electrons. The van der Waals surface area contributed by atoms with Crippen LogP contribution in [0.25, 0.3) is 11.4 Å². The van der Waals surface area contributed by atoms with E-state index in [1.165, 1.54) is 6.07 Å². The van der Waals surface area contributed by atoms with Gasteiger partial charge in [-0.05, 0) is 18.2 Å². The van der Waals surface area contributed by atoms with E-state index in [1.54, 1.807) is 34.0 Å². The summed E-state index contributed by atoms with van der Waals surface area (Å²) in [4.78, 5) is 15.2. The summed E-state index contributed by atoms with van der Waals surface area (Å²) in [5.74, 6) is -1.01. The zero-order valence-corrected chi connectivity index (χ0v) is 11.2. The minimum absolute atomic E-state index is 0.162. The molecule has 0 aromatic carbocycles. The standard InChI is InChI=1S/C13H12N6O2/c1-18-12(4-6-15-18)11-8-19(17-16-11)7-10-9(13(20)21)3-2-5-14-10/h2-6,8H,7H2,1H3,(H,20,21). The summed E-state index contributed by atoms with van der Waals surface area (Å²) in [6, 6.07) is 4.94. The minimum Gasteiger partial charge on any atom is -0.478 e. The van der Waals surface area contributed by atoms with Crippen LogP contribution in [0, 0.1) is 0 Å². The molecule has 3 aromatic rings. The molecule has 0 aliphatic carbocycles. The van der Waals surface area contributed by atoms with Gasteiger partial charge in [0.05, 0.1) is 29.7 Å². The number of aromatic nitrogens is 6. The van der Waals surface area contributed by atoms with Crippen molar-refractivity contribution >= 4 is 5.97 Å². The van der Waals surface area contributed by atoms with Gasteiger partial charge in [0.2, 0.25) is 0 Å². The smallest absolute Gasteiger partial charge is 0.337 e. The number of hydrogen-bond donors (Lipinski definition) is 1. The highest BCUT2D eigenvalue weighted by Crippen LogP contribution is 2.15. The highest BCUT2D eigenvalue weighted by atomic mass is 16.4. The van der Waals surface area contributed by atoms with Crippen molar-refractivity contribution in [3.63, 3.8) is 0 Å². The number of aromatic carboxylic acids is 1. The fourth-order valence-corrected chi connectivity index (χ4v) is 2.03. The fourth-order valence-electron chi connectivity index (χ4n) is 2.03. The molecule has 0 saturated heterocycles. The lowest BCUT2D eigenvalue weighted by atomic mass is 10.2. The van der Waals surface area contributed by atoms with Crippen molar-refractivity contribution in [2.24, 2.45) is 7.05 Å². The van der Waals surface area contributed by atoms with Crippen LogP contribution in [0.1, 0.15) is 16.1 Å². The summed E-state index contributed by atoms with van der Waals surface area (Å²) in [6.07, 6.45) is 4.97. The van der Waals surface area contributed by atoms with E-state index >= 15 is 0 Å². The van der Waals surface area contributed by atoms with Crippen LogP contribution in [0.5, 0.6) is 0 Å². The van der Waals surface area contributed by atoms with E-state index in [4.69, 9.17) is 5.11 Å².